The Hall–Kier alpha value is -3.62. The molecule has 0 bridgehead atoms. The molecule has 0 radical (unpaired) electrons. The first-order chi connectivity index (χ1) is 13.7. The number of aromatic nitrogens is 4. The van der Waals surface area contributed by atoms with Gasteiger partial charge in [-0.05, 0) is 25.5 Å². The van der Waals surface area contributed by atoms with E-state index in [0.717, 1.165) is 13.0 Å². The molecule has 0 aliphatic carbocycles. The molecule has 0 aliphatic heterocycles. The Kier molecular flexibility index (Phi) is 6.40. The van der Waals surface area contributed by atoms with Crippen molar-refractivity contribution in [2.75, 3.05) is 29.5 Å². The number of benzene rings is 1. The van der Waals surface area contributed by atoms with Gasteiger partial charge in [0.2, 0.25) is 0 Å². The van der Waals surface area contributed by atoms with Gasteiger partial charge in [-0.25, -0.2) is 19.7 Å². The molecule has 3 aromatic rings. The van der Waals surface area contributed by atoms with Crippen LogP contribution in [0.5, 0.6) is 0 Å². The van der Waals surface area contributed by atoms with E-state index < -0.39 is 5.97 Å². The third kappa shape index (κ3) is 4.76. The highest BCUT2D eigenvalue weighted by Crippen LogP contribution is 2.27. The van der Waals surface area contributed by atoms with Crippen LogP contribution >= 0.6 is 0 Å². The number of imidazole rings is 1. The molecule has 9 heteroatoms. The Morgan fingerprint density at radius 3 is 2.86 bits per heavy atom. The molecule has 0 amide bonds. The summed E-state index contributed by atoms with van der Waals surface area (Å²) in [6.07, 6.45) is 7.75. The molecule has 0 fully saturated rings. The Balaban J connectivity index is 1.67. The van der Waals surface area contributed by atoms with Crippen molar-refractivity contribution in [2.24, 2.45) is 0 Å². The molecule has 0 aliphatic rings. The minimum absolute atomic E-state index is 0.302. The van der Waals surface area contributed by atoms with Crippen molar-refractivity contribution in [2.45, 2.75) is 19.9 Å². The van der Waals surface area contributed by atoms with Crippen molar-refractivity contribution in [3.63, 3.8) is 0 Å². The number of nitrogens with two attached hydrogens (primary N) is 1. The fraction of sp³-hybridized carbons (Fsp3) is 0.263. The lowest BCUT2D eigenvalue weighted by Crippen LogP contribution is -2.12. The van der Waals surface area contributed by atoms with Crippen molar-refractivity contribution in [3.05, 3.63) is 54.9 Å². The van der Waals surface area contributed by atoms with Crippen molar-refractivity contribution < 1.29 is 9.53 Å². The van der Waals surface area contributed by atoms with E-state index in [0.29, 0.717) is 41.7 Å². The molecule has 2 heterocycles. The standard InChI is InChI=1S/C19H23N7O2/c1-2-28-19(27)14-6-3-4-7-15(14)25-18-16(20)17(23-12-24-18)22-8-5-10-26-11-9-21-13-26/h3-4,6-7,9,11-13H,2,5,8,10,20H2,1H3,(H2,22,23,24,25). The van der Waals surface area contributed by atoms with E-state index in [4.69, 9.17) is 10.5 Å². The molecule has 0 saturated carbocycles. The van der Waals surface area contributed by atoms with Crippen molar-refractivity contribution in [1.29, 1.82) is 0 Å². The number of nitrogens with zero attached hydrogens (tertiary/aromatic N) is 4. The predicted molar refractivity (Wildman–Crippen MR) is 107 cm³/mol. The van der Waals surface area contributed by atoms with Gasteiger partial charge in [0.15, 0.2) is 11.6 Å². The van der Waals surface area contributed by atoms with Crippen LogP contribution in [-0.4, -0.2) is 38.6 Å². The summed E-state index contributed by atoms with van der Waals surface area (Å²) in [5, 5.41) is 6.32. The van der Waals surface area contributed by atoms with Gasteiger partial charge in [-0.1, -0.05) is 12.1 Å². The molecule has 1 aromatic carbocycles. The number of carbonyl (C=O) groups excluding carboxylic acids is 1. The van der Waals surface area contributed by atoms with E-state index >= 15 is 0 Å². The molecule has 4 N–H and O–H groups in total. The number of nitrogen functional groups attached to an aromatic ring is 1. The molecular weight excluding hydrogens is 358 g/mol. The lowest BCUT2D eigenvalue weighted by molar-refractivity contribution is 0.0527. The molecular formula is C19H23N7O2. The summed E-state index contributed by atoms with van der Waals surface area (Å²) in [7, 11) is 0. The number of carbonyl (C=O) groups is 1. The normalized spacial score (nSPS) is 10.5. The van der Waals surface area contributed by atoms with Crippen LogP contribution in [-0.2, 0) is 11.3 Å². The maximum Gasteiger partial charge on any atom is 0.340 e. The number of nitrogens with one attached hydrogen (secondary N) is 2. The number of rotatable bonds is 9. The van der Waals surface area contributed by atoms with E-state index in [2.05, 4.69) is 25.6 Å². The fourth-order valence-corrected chi connectivity index (χ4v) is 2.63. The van der Waals surface area contributed by atoms with Crippen molar-refractivity contribution >= 4 is 29.0 Å². The van der Waals surface area contributed by atoms with Crippen LogP contribution in [0.1, 0.15) is 23.7 Å². The highest BCUT2D eigenvalue weighted by atomic mass is 16.5. The first-order valence-corrected chi connectivity index (χ1v) is 9.02. The van der Waals surface area contributed by atoms with Crippen LogP contribution in [0.25, 0.3) is 0 Å². The number of esters is 1. The summed E-state index contributed by atoms with van der Waals surface area (Å²) in [5.41, 5.74) is 7.57. The number of aryl methyl sites for hydroxylation is 1. The van der Waals surface area contributed by atoms with Crippen LogP contribution in [0.3, 0.4) is 0 Å². The van der Waals surface area contributed by atoms with Crippen LogP contribution in [0.4, 0.5) is 23.0 Å². The molecule has 0 atom stereocenters. The van der Waals surface area contributed by atoms with Crippen LogP contribution < -0.4 is 16.4 Å². The van der Waals surface area contributed by atoms with Crippen LogP contribution in [0, 0.1) is 0 Å². The first kappa shape index (κ1) is 19.2. The molecule has 0 unspecified atom stereocenters. The fourth-order valence-electron chi connectivity index (χ4n) is 2.63. The van der Waals surface area contributed by atoms with Gasteiger partial charge in [-0.3, -0.25) is 0 Å². The minimum atomic E-state index is -0.406. The van der Waals surface area contributed by atoms with E-state index in [1.165, 1.54) is 6.33 Å². The van der Waals surface area contributed by atoms with Gasteiger partial charge in [0, 0.05) is 25.5 Å². The molecule has 0 spiro atoms. The largest absolute Gasteiger partial charge is 0.462 e. The predicted octanol–water partition coefficient (Wildman–Crippen LogP) is 2.68. The molecule has 2 aromatic heterocycles. The van der Waals surface area contributed by atoms with E-state index in [1.807, 2.05) is 16.8 Å². The quantitative estimate of drug-likeness (QED) is 0.382. The summed E-state index contributed by atoms with van der Waals surface area (Å²) in [4.78, 5) is 24.6. The third-order valence-electron chi connectivity index (χ3n) is 4.00. The smallest absolute Gasteiger partial charge is 0.340 e. The number of para-hydroxylation sites is 1. The molecule has 0 saturated heterocycles. The number of hydrogen-bond donors (Lipinski definition) is 3. The average molecular weight is 381 g/mol. The van der Waals surface area contributed by atoms with E-state index in [1.54, 1.807) is 37.6 Å². The second-order valence-corrected chi connectivity index (χ2v) is 5.96. The summed E-state index contributed by atoms with van der Waals surface area (Å²) in [6.45, 7) is 3.60. The highest BCUT2D eigenvalue weighted by Gasteiger charge is 2.14. The SMILES string of the molecule is CCOC(=O)c1ccccc1Nc1ncnc(NCCCn2ccnc2)c1N. The van der Waals surface area contributed by atoms with E-state index in [9.17, 15) is 4.79 Å². The average Bonchev–Trinajstić information content (AvgIpc) is 3.22. The zero-order valence-electron chi connectivity index (χ0n) is 15.6. The van der Waals surface area contributed by atoms with Gasteiger partial charge < -0.3 is 25.7 Å². The Labute approximate surface area is 163 Å². The molecule has 9 nitrogen and oxygen atoms in total. The summed E-state index contributed by atoms with van der Waals surface area (Å²) in [6, 6.07) is 7.05. The summed E-state index contributed by atoms with van der Waals surface area (Å²) >= 11 is 0. The van der Waals surface area contributed by atoms with Gasteiger partial charge in [0.1, 0.15) is 12.0 Å². The molecule has 28 heavy (non-hydrogen) atoms. The number of ether oxygens (including phenoxy) is 1. The van der Waals surface area contributed by atoms with Gasteiger partial charge in [0.05, 0.1) is 24.2 Å². The minimum Gasteiger partial charge on any atom is -0.462 e. The third-order valence-corrected chi connectivity index (χ3v) is 4.00. The zero-order valence-corrected chi connectivity index (χ0v) is 15.6. The Bertz CT molecular complexity index is 912. The first-order valence-electron chi connectivity index (χ1n) is 9.02. The Morgan fingerprint density at radius 2 is 2.07 bits per heavy atom. The van der Waals surface area contributed by atoms with Crippen molar-refractivity contribution in [3.8, 4) is 0 Å². The van der Waals surface area contributed by atoms with Crippen LogP contribution in [0.2, 0.25) is 0 Å². The zero-order chi connectivity index (χ0) is 19.8. The Morgan fingerprint density at radius 1 is 1.25 bits per heavy atom. The van der Waals surface area contributed by atoms with Crippen LogP contribution in [0.15, 0.2) is 49.3 Å². The second-order valence-electron chi connectivity index (χ2n) is 5.96. The number of hydrogen-bond acceptors (Lipinski definition) is 8. The lowest BCUT2D eigenvalue weighted by Gasteiger charge is -2.14. The van der Waals surface area contributed by atoms with Gasteiger partial charge >= 0.3 is 5.97 Å². The van der Waals surface area contributed by atoms with Gasteiger partial charge in [0.25, 0.3) is 0 Å². The molecule has 3 rings (SSSR count). The van der Waals surface area contributed by atoms with Crippen molar-refractivity contribution in [1.82, 2.24) is 19.5 Å². The van der Waals surface area contributed by atoms with Gasteiger partial charge in [-0.15, -0.1) is 0 Å². The summed E-state index contributed by atoms with van der Waals surface area (Å²) < 4.78 is 7.10. The topological polar surface area (TPSA) is 120 Å². The maximum absolute atomic E-state index is 12.1. The number of anilines is 4. The lowest BCUT2D eigenvalue weighted by atomic mass is 10.2. The highest BCUT2D eigenvalue weighted by molar-refractivity contribution is 5.97. The molecule has 146 valence electrons. The van der Waals surface area contributed by atoms with Gasteiger partial charge in [-0.2, -0.15) is 0 Å². The summed E-state index contributed by atoms with van der Waals surface area (Å²) in [5.74, 6) is 0.552. The second kappa shape index (κ2) is 9.36. The van der Waals surface area contributed by atoms with E-state index in [-0.39, 0.29) is 0 Å². The maximum atomic E-state index is 12.1. The monoisotopic (exact) mass is 381 g/mol.